The second-order valence-electron chi connectivity index (χ2n) is 8.72. The first-order valence-corrected chi connectivity index (χ1v) is 9.00. The topological polar surface area (TPSA) is 54.4 Å². The molecule has 0 amide bonds. The third-order valence-corrected chi connectivity index (χ3v) is 6.77. The van der Waals surface area contributed by atoms with Crippen molar-refractivity contribution in [3.8, 4) is 0 Å². The molecule has 0 aromatic rings. The fourth-order valence-electron chi connectivity index (χ4n) is 5.25. The van der Waals surface area contributed by atoms with Gasteiger partial charge in [-0.05, 0) is 55.8 Å². The molecule has 130 valence electrons. The second kappa shape index (κ2) is 6.41. The molecule has 4 atom stereocenters. The molecule has 0 saturated heterocycles. The van der Waals surface area contributed by atoms with Crippen LogP contribution in [0.2, 0.25) is 0 Å². The molecule has 4 unspecified atom stereocenters. The molecule has 3 nitrogen and oxygen atoms in total. The largest absolute Gasteiger partial charge is 0.481 e. The maximum atomic E-state index is 12.4. The molecule has 23 heavy (non-hydrogen) atoms. The van der Waals surface area contributed by atoms with Crippen molar-refractivity contribution in [1.82, 2.24) is 0 Å². The Morgan fingerprint density at radius 3 is 2.65 bits per heavy atom. The lowest BCUT2D eigenvalue weighted by Crippen LogP contribution is -2.52. The number of ketones is 1. The number of fused-ring (bicyclic) bond motifs is 1. The molecule has 1 N–H and O–H groups in total. The molecule has 3 heteroatoms. The van der Waals surface area contributed by atoms with Crippen molar-refractivity contribution in [1.29, 1.82) is 0 Å². The van der Waals surface area contributed by atoms with Crippen LogP contribution in [-0.4, -0.2) is 16.9 Å². The zero-order chi connectivity index (χ0) is 17.4. The van der Waals surface area contributed by atoms with Crippen LogP contribution in [0.4, 0.5) is 0 Å². The van der Waals surface area contributed by atoms with Gasteiger partial charge in [-0.1, -0.05) is 39.3 Å². The van der Waals surface area contributed by atoms with Crippen LogP contribution in [0.3, 0.4) is 0 Å². The van der Waals surface area contributed by atoms with E-state index < -0.39 is 5.97 Å². The second-order valence-corrected chi connectivity index (χ2v) is 8.72. The Labute approximate surface area is 140 Å². The molecular weight excluding hydrogens is 288 g/mol. The van der Waals surface area contributed by atoms with Gasteiger partial charge in [0.2, 0.25) is 0 Å². The monoisotopic (exact) mass is 320 g/mol. The van der Waals surface area contributed by atoms with E-state index in [1.54, 1.807) is 0 Å². The highest BCUT2D eigenvalue weighted by Crippen LogP contribution is 2.59. The summed E-state index contributed by atoms with van der Waals surface area (Å²) < 4.78 is 0. The Hall–Kier alpha value is -1.12. The van der Waals surface area contributed by atoms with Gasteiger partial charge in [-0.25, -0.2) is 0 Å². The van der Waals surface area contributed by atoms with Gasteiger partial charge in [0.1, 0.15) is 5.78 Å². The molecule has 0 spiro atoms. The smallest absolute Gasteiger partial charge is 0.303 e. The molecule has 2 aliphatic carbocycles. The van der Waals surface area contributed by atoms with Gasteiger partial charge in [-0.3, -0.25) is 9.59 Å². The van der Waals surface area contributed by atoms with E-state index in [9.17, 15) is 9.59 Å². The van der Waals surface area contributed by atoms with Crippen LogP contribution in [0.25, 0.3) is 0 Å². The van der Waals surface area contributed by atoms with Gasteiger partial charge >= 0.3 is 5.97 Å². The number of Topliss-reactive ketones (excluding diaryl/α,β-unsaturated/α-hetero) is 1. The van der Waals surface area contributed by atoms with Crippen molar-refractivity contribution in [2.45, 2.75) is 73.1 Å². The van der Waals surface area contributed by atoms with Crippen LogP contribution in [0, 0.1) is 28.6 Å². The van der Waals surface area contributed by atoms with Crippen molar-refractivity contribution in [2.75, 3.05) is 0 Å². The summed E-state index contributed by atoms with van der Waals surface area (Å²) in [5.41, 5.74) is 1.37. The number of hydrogen-bond acceptors (Lipinski definition) is 2. The summed E-state index contributed by atoms with van der Waals surface area (Å²) in [5.74, 6) is 0.792. The number of carboxylic acids is 1. The SMILES string of the molecule is CC1=CCC2C(C)(C)C(=O)CCC2(C)C1CCC(C)CC(=O)O. The minimum atomic E-state index is -0.707. The Bertz CT molecular complexity index is 517. The molecule has 1 saturated carbocycles. The standard InChI is InChI=1S/C20H32O3/c1-13(12-18(22)23)6-8-15-14(2)7-9-16-19(3,4)17(21)10-11-20(15,16)5/h7,13,15-16H,6,8-12H2,1-5H3,(H,22,23). The molecule has 2 rings (SSSR count). The lowest BCUT2D eigenvalue weighted by molar-refractivity contribution is -0.143. The van der Waals surface area contributed by atoms with Gasteiger partial charge in [-0.2, -0.15) is 0 Å². The number of rotatable bonds is 5. The van der Waals surface area contributed by atoms with Crippen LogP contribution < -0.4 is 0 Å². The molecule has 0 heterocycles. The van der Waals surface area contributed by atoms with Crippen molar-refractivity contribution < 1.29 is 14.7 Å². The van der Waals surface area contributed by atoms with Crippen LogP contribution in [0.1, 0.15) is 73.1 Å². The van der Waals surface area contributed by atoms with Crippen molar-refractivity contribution in [2.24, 2.45) is 28.6 Å². The van der Waals surface area contributed by atoms with Crippen molar-refractivity contribution in [3.63, 3.8) is 0 Å². The average molecular weight is 320 g/mol. The van der Waals surface area contributed by atoms with Crippen LogP contribution in [-0.2, 0) is 9.59 Å². The summed E-state index contributed by atoms with van der Waals surface area (Å²) in [4.78, 5) is 23.3. The van der Waals surface area contributed by atoms with E-state index in [1.165, 1.54) is 5.57 Å². The highest BCUT2D eigenvalue weighted by atomic mass is 16.4. The highest BCUT2D eigenvalue weighted by Gasteiger charge is 2.54. The van der Waals surface area contributed by atoms with Crippen molar-refractivity contribution in [3.05, 3.63) is 11.6 Å². The molecule has 1 fully saturated rings. The van der Waals surface area contributed by atoms with Crippen molar-refractivity contribution >= 4 is 11.8 Å². The Morgan fingerprint density at radius 2 is 2.04 bits per heavy atom. The number of aliphatic carboxylic acids is 1. The van der Waals surface area contributed by atoms with E-state index in [-0.39, 0.29) is 23.2 Å². The lowest BCUT2D eigenvalue weighted by Gasteiger charge is -2.56. The van der Waals surface area contributed by atoms with Crippen LogP contribution in [0.5, 0.6) is 0 Å². The van der Waals surface area contributed by atoms with Crippen LogP contribution in [0.15, 0.2) is 11.6 Å². The molecule has 0 bridgehead atoms. The van der Waals surface area contributed by atoms with Gasteiger partial charge in [0, 0.05) is 18.3 Å². The van der Waals surface area contributed by atoms with Gasteiger partial charge in [0.15, 0.2) is 0 Å². The fraction of sp³-hybridized carbons (Fsp3) is 0.800. The van der Waals surface area contributed by atoms with E-state index in [0.29, 0.717) is 24.0 Å². The third kappa shape index (κ3) is 3.39. The van der Waals surface area contributed by atoms with Gasteiger partial charge in [-0.15, -0.1) is 0 Å². The van der Waals surface area contributed by atoms with E-state index in [0.717, 1.165) is 25.7 Å². The van der Waals surface area contributed by atoms with E-state index in [2.05, 4.69) is 33.8 Å². The maximum Gasteiger partial charge on any atom is 0.303 e. The van der Waals surface area contributed by atoms with Gasteiger partial charge in [0.05, 0.1) is 0 Å². The molecular formula is C20H32O3. The summed E-state index contributed by atoms with van der Waals surface area (Å²) in [5, 5.41) is 8.96. The van der Waals surface area contributed by atoms with E-state index >= 15 is 0 Å². The predicted octanol–water partition coefficient (Wildman–Crippen LogP) is 4.86. The minimum absolute atomic E-state index is 0.166. The molecule has 2 aliphatic rings. The number of allylic oxidation sites excluding steroid dienone is 2. The number of carboxylic acid groups (broad SMARTS) is 1. The number of carbonyl (C=O) groups is 2. The average Bonchev–Trinajstić information content (AvgIpc) is 2.42. The van der Waals surface area contributed by atoms with E-state index in [1.807, 2.05) is 6.92 Å². The highest BCUT2D eigenvalue weighted by molar-refractivity contribution is 5.85. The molecule has 0 aliphatic heterocycles. The summed E-state index contributed by atoms with van der Waals surface area (Å²) >= 11 is 0. The molecule has 0 aromatic heterocycles. The zero-order valence-electron chi connectivity index (χ0n) is 15.3. The summed E-state index contributed by atoms with van der Waals surface area (Å²) in [6, 6.07) is 0. The molecule has 0 aromatic carbocycles. The van der Waals surface area contributed by atoms with Gasteiger partial charge in [0.25, 0.3) is 0 Å². The number of carbonyl (C=O) groups excluding carboxylic acids is 1. The van der Waals surface area contributed by atoms with Crippen LogP contribution >= 0.6 is 0 Å². The maximum absolute atomic E-state index is 12.4. The molecule has 0 radical (unpaired) electrons. The summed E-state index contributed by atoms with van der Waals surface area (Å²) in [6.07, 6.45) is 7.23. The third-order valence-electron chi connectivity index (χ3n) is 6.77. The zero-order valence-corrected chi connectivity index (χ0v) is 15.3. The quantitative estimate of drug-likeness (QED) is 0.736. The summed E-state index contributed by atoms with van der Waals surface area (Å²) in [7, 11) is 0. The Kier molecular flexibility index (Phi) is 5.08. The first-order valence-electron chi connectivity index (χ1n) is 9.00. The first-order chi connectivity index (χ1) is 10.6. The number of hydrogen-bond donors (Lipinski definition) is 1. The van der Waals surface area contributed by atoms with Gasteiger partial charge < -0.3 is 5.11 Å². The fourth-order valence-corrected chi connectivity index (χ4v) is 5.25. The lowest BCUT2D eigenvalue weighted by atomic mass is 9.48. The normalized spacial score (nSPS) is 34.5. The van der Waals surface area contributed by atoms with E-state index in [4.69, 9.17) is 5.11 Å². The Morgan fingerprint density at radius 1 is 1.39 bits per heavy atom. The Balaban J connectivity index is 2.18. The first kappa shape index (κ1) is 18.2. The summed E-state index contributed by atoms with van der Waals surface area (Å²) in [6.45, 7) is 10.9. The predicted molar refractivity (Wildman–Crippen MR) is 92.1 cm³/mol. The minimum Gasteiger partial charge on any atom is -0.481 e.